The molecule has 2 aromatic rings. The number of rotatable bonds is 9. The van der Waals surface area contributed by atoms with E-state index in [4.69, 9.17) is 0 Å². The Kier molecular flexibility index (Phi) is 7.77. The number of benzene rings is 2. The van der Waals surface area contributed by atoms with Crippen LogP contribution < -0.4 is 15.6 Å². The molecule has 3 rings (SSSR count). The highest BCUT2D eigenvalue weighted by molar-refractivity contribution is 7.89. The molecule has 2 aromatic carbocycles. The Morgan fingerprint density at radius 1 is 1.19 bits per heavy atom. The molecule has 1 saturated heterocycles. The predicted octanol–water partition coefficient (Wildman–Crippen LogP) is 2.58. The summed E-state index contributed by atoms with van der Waals surface area (Å²) in [5.41, 5.74) is 7.90. The molecule has 1 heterocycles. The topological polar surface area (TPSA) is 90.5 Å². The Morgan fingerprint density at radius 2 is 1.94 bits per heavy atom. The number of carbonyl (C=O) groups excluding carboxylic acids is 1. The smallest absolute Gasteiger partial charge is 0.253 e. The van der Waals surface area contributed by atoms with Gasteiger partial charge in [-0.2, -0.15) is 0 Å². The fourth-order valence-electron chi connectivity index (χ4n) is 3.69. The highest BCUT2D eigenvalue weighted by Gasteiger charge is 2.25. The lowest BCUT2D eigenvalue weighted by atomic mass is 9.99. The molecule has 7 nitrogen and oxygen atoms in total. The second-order valence-electron chi connectivity index (χ2n) is 7.72. The molecule has 0 saturated carbocycles. The van der Waals surface area contributed by atoms with Gasteiger partial charge in [-0.3, -0.25) is 15.6 Å². The molecule has 3 N–H and O–H groups in total. The maximum atomic E-state index is 13.1. The van der Waals surface area contributed by atoms with Crippen molar-refractivity contribution in [3.63, 3.8) is 0 Å². The fourth-order valence-corrected chi connectivity index (χ4v) is 4.78. The number of sulfonamides is 1. The van der Waals surface area contributed by atoms with Gasteiger partial charge in [0.25, 0.3) is 5.91 Å². The van der Waals surface area contributed by atoms with Gasteiger partial charge in [0.15, 0.2) is 0 Å². The summed E-state index contributed by atoms with van der Waals surface area (Å²) in [5.74, 6) is -0.459. The summed E-state index contributed by atoms with van der Waals surface area (Å²) >= 11 is 0. The number of nitrogens with zero attached hydrogens (tertiary/aromatic N) is 1. The number of hydrogen-bond acceptors (Lipinski definition) is 5. The van der Waals surface area contributed by atoms with Crippen LogP contribution in [-0.4, -0.2) is 45.4 Å². The van der Waals surface area contributed by atoms with Crippen LogP contribution in [0.5, 0.6) is 0 Å². The van der Waals surface area contributed by atoms with Crippen LogP contribution >= 0.6 is 0 Å². The number of nitrogens with one attached hydrogen (secondary N) is 3. The van der Waals surface area contributed by atoms with Gasteiger partial charge in [0.2, 0.25) is 10.0 Å². The predicted molar refractivity (Wildman–Crippen MR) is 117 cm³/mol. The number of carbonyl (C=O) groups is 1. The van der Waals surface area contributed by atoms with Gasteiger partial charge in [-0.05, 0) is 55.2 Å². The summed E-state index contributed by atoms with van der Waals surface area (Å²) in [5, 5.41) is 0. The third-order valence-electron chi connectivity index (χ3n) is 5.37. The van der Waals surface area contributed by atoms with E-state index in [2.05, 4.69) is 15.6 Å². The van der Waals surface area contributed by atoms with E-state index in [1.54, 1.807) is 43.1 Å². The van der Waals surface area contributed by atoms with E-state index in [-0.39, 0.29) is 35.2 Å². The van der Waals surface area contributed by atoms with Crippen molar-refractivity contribution in [2.24, 2.45) is 0 Å². The highest BCUT2D eigenvalue weighted by atomic mass is 32.2. The minimum absolute atomic E-state index is 0.0849. The van der Waals surface area contributed by atoms with Crippen molar-refractivity contribution in [1.29, 1.82) is 0 Å². The quantitative estimate of drug-likeness (QED) is 0.549. The van der Waals surface area contributed by atoms with Gasteiger partial charge in [0, 0.05) is 37.8 Å². The van der Waals surface area contributed by atoms with Crippen molar-refractivity contribution in [1.82, 2.24) is 20.5 Å². The second-order valence-corrected chi connectivity index (χ2v) is 9.49. The van der Waals surface area contributed by atoms with Crippen LogP contribution in [0.4, 0.5) is 4.39 Å². The van der Waals surface area contributed by atoms with Crippen LogP contribution in [0.25, 0.3) is 0 Å². The molecule has 2 unspecified atom stereocenters. The highest BCUT2D eigenvalue weighted by Crippen LogP contribution is 2.24. The van der Waals surface area contributed by atoms with Gasteiger partial charge in [0.05, 0.1) is 4.90 Å². The van der Waals surface area contributed by atoms with Gasteiger partial charge in [-0.25, -0.2) is 17.5 Å². The van der Waals surface area contributed by atoms with Crippen LogP contribution in [-0.2, 0) is 10.0 Å². The largest absolute Gasteiger partial charge is 0.342 e. The zero-order valence-electron chi connectivity index (χ0n) is 17.8. The van der Waals surface area contributed by atoms with Crippen molar-refractivity contribution in [2.75, 3.05) is 20.1 Å². The lowest BCUT2D eigenvalue weighted by molar-refractivity contribution is 0.0791. The lowest BCUT2D eigenvalue weighted by Gasteiger charge is -2.19. The first-order chi connectivity index (χ1) is 14.8. The van der Waals surface area contributed by atoms with E-state index in [0.29, 0.717) is 12.1 Å². The molecule has 0 bridgehead atoms. The minimum atomic E-state index is -3.61. The van der Waals surface area contributed by atoms with Crippen LogP contribution in [0.15, 0.2) is 53.4 Å². The average molecular weight is 449 g/mol. The SMILES string of the molecule is CCNS(=O)(=O)c1cccc(C(=O)N(C)CCCC2CC(c3ccc(F)cc3)NN2)c1. The van der Waals surface area contributed by atoms with Crippen molar-refractivity contribution < 1.29 is 17.6 Å². The zero-order chi connectivity index (χ0) is 22.4. The molecular weight excluding hydrogens is 419 g/mol. The summed E-state index contributed by atoms with van der Waals surface area (Å²) in [6.07, 6.45) is 2.55. The van der Waals surface area contributed by atoms with Gasteiger partial charge < -0.3 is 4.90 Å². The van der Waals surface area contributed by atoms with E-state index in [1.165, 1.54) is 24.3 Å². The number of amides is 1. The van der Waals surface area contributed by atoms with Crippen molar-refractivity contribution in [3.05, 3.63) is 65.5 Å². The molecule has 2 atom stereocenters. The third-order valence-corrected chi connectivity index (χ3v) is 6.92. The molecule has 9 heteroatoms. The fraction of sp³-hybridized carbons (Fsp3) is 0.409. The average Bonchev–Trinajstić information content (AvgIpc) is 3.22. The molecule has 0 spiro atoms. The molecule has 1 fully saturated rings. The van der Waals surface area contributed by atoms with E-state index in [9.17, 15) is 17.6 Å². The first-order valence-electron chi connectivity index (χ1n) is 10.4. The normalized spacial score (nSPS) is 18.8. The summed E-state index contributed by atoms with van der Waals surface area (Å²) < 4.78 is 39.9. The molecule has 1 amide bonds. The molecule has 31 heavy (non-hydrogen) atoms. The minimum Gasteiger partial charge on any atom is -0.342 e. The Labute approximate surface area is 183 Å². The van der Waals surface area contributed by atoms with Crippen molar-refractivity contribution in [3.8, 4) is 0 Å². The Morgan fingerprint density at radius 3 is 2.65 bits per heavy atom. The molecule has 168 valence electrons. The summed E-state index contributed by atoms with van der Waals surface area (Å²) in [4.78, 5) is 14.4. The van der Waals surface area contributed by atoms with E-state index in [1.807, 2.05) is 0 Å². The number of halogens is 1. The Bertz CT molecular complexity index is 998. The molecule has 1 aliphatic heterocycles. The molecule has 0 aliphatic carbocycles. The molecule has 0 aromatic heterocycles. The van der Waals surface area contributed by atoms with E-state index in [0.717, 1.165) is 24.8 Å². The van der Waals surface area contributed by atoms with E-state index < -0.39 is 10.0 Å². The number of hydrazine groups is 1. The molecular formula is C22H29FN4O3S. The van der Waals surface area contributed by atoms with Gasteiger partial charge in [0.1, 0.15) is 5.82 Å². The molecule has 1 aliphatic rings. The van der Waals surface area contributed by atoms with E-state index >= 15 is 0 Å². The van der Waals surface area contributed by atoms with Crippen LogP contribution in [0, 0.1) is 5.82 Å². The van der Waals surface area contributed by atoms with Crippen molar-refractivity contribution >= 4 is 15.9 Å². The van der Waals surface area contributed by atoms with Crippen LogP contribution in [0.3, 0.4) is 0 Å². The second kappa shape index (κ2) is 10.3. The van der Waals surface area contributed by atoms with Gasteiger partial charge in [-0.1, -0.05) is 25.1 Å². The summed E-state index contributed by atoms with van der Waals surface area (Å²) in [7, 11) is -1.89. The van der Waals surface area contributed by atoms with Crippen molar-refractivity contribution in [2.45, 2.75) is 43.2 Å². The maximum absolute atomic E-state index is 13.1. The zero-order valence-corrected chi connectivity index (χ0v) is 18.6. The lowest BCUT2D eigenvalue weighted by Crippen LogP contribution is -2.32. The number of hydrogen-bond donors (Lipinski definition) is 3. The third kappa shape index (κ3) is 6.10. The van der Waals surface area contributed by atoms with Crippen LogP contribution in [0.2, 0.25) is 0 Å². The maximum Gasteiger partial charge on any atom is 0.253 e. The first kappa shape index (κ1) is 23.3. The Hall–Kier alpha value is -2.33. The standard InChI is InChI=1S/C22H29FN4O3S/c1-3-24-31(29,30)20-8-4-6-17(14-20)22(28)27(2)13-5-7-19-15-21(26-25-19)16-9-11-18(23)12-10-16/h4,6,8-12,14,19,21,24-26H,3,5,7,13,15H2,1-2H3. The van der Waals surface area contributed by atoms with Gasteiger partial charge in [-0.15, -0.1) is 0 Å². The monoisotopic (exact) mass is 448 g/mol. The summed E-state index contributed by atoms with van der Waals surface area (Å²) in [6, 6.07) is 13.0. The van der Waals surface area contributed by atoms with Crippen LogP contribution in [0.1, 0.15) is 48.1 Å². The summed E-state index contributed by atoms with van der Waals surface area (Å²) in [6.45, 7) is 2.55. The molecule has 0 radical (unpaired) electrons. The van der Waals surface area contributed by atoms with Gasteiger partial charge >= 0.3 is 0 Å². The first-order valence-corrected chi connectivity index (χ1v) is 11.9. The Balaban J connectivity index is 1.49.